The average molecular weight is 258 g/mol. The zero-order valence-corrected chi connectivity index (χ0v) is 9.59. The number of nitrogen functional groups attached to an aromatic ring is 1. The lowest BCUT2D eigenvalue weighted by Gasteiger charge is -2.26. The van der Waals surface area contributed by atoms with E-state index in [0.717, 1.165) is 10.9 Å². The maximum absolute atomic E-state index is 11.6. The van der Waals surface area contributed by atoms with Gasteiger partial charge in [0.1, 0.15) is 24.1 Å². The lowest BCUT2D eigenvalue weighted by molar-refractivity contribution is -0.0991. The summed E-state index contributed by atoms with van der Waals surface area (Å²) in [6.45, 7) is 0.805. The van der Waals surface area contributed by atoms with Crippen LogP contribution in [0, 0.1) is 0 Å². The highest BCUT2D eigenvalue weighted by molar-refractivity contribution is 5.10. The molecular formula is C9H14N4O5. The van der Waals surface area contributed by atoms with Crippen LogP contribution in [-0.2, 0) is 4.74 Å². The predicted molar refractivity (Wildman–Crippen MR) is 58.3 cm³/mol. The van der Waals surface area contributed by atoms with Gasteiger partial charge in [0.05, 0.1) is 6.61 Å². The summed E-state index contributed by atoms with van der Waals surface area (Å²) in [6.07, 6.45) is -2.46. The SMILES string of the molecule is C[C@@]1(O)C(O)[C@@H](CO)O[C@H]1n1cnc(N)nc1=O. The second kappa shape index (κ2) is 4.28. The summed E-state index contributed by atoms with van der Waals surface area (Å²) in [5.74, 6) is -0.201. The largest absolute Gasteiger partial charge is 0.394 e. The monoisotopic (exact) mass is 258 g/mol. The van der Waals surface area contributed by atoms with Crippen LogP contribution in [0.5, 0.6) is 0 Å². The highest BCUT2D eigenvalue weighted by Crippen LogP contribution is 2.36. The highest BCUT2D eigenvalue weighted by atomic mass is 16.6. The smallest absolute Gasteiger partial charge is 0.354 e. The van der Waals surface area contributed by atoms with Crippen LogP contribution in [0.1, 0.15) is 13.2 Å². The minimum atomic E-state index is -1.75. The van der Waals surface area contributed by atoms with Gasteiger partial charge in [0.2, 0.25) is 5.95 Å². The molecule has 18 heavy (non-hydrogen) atoms. The second-order valence-corrected chi connectivity index (χ2v) is 4.28. The molecule has 2 heterocycles. The van der Waals surface area contributed by atoms with Gasteiger partial charge in [-0.25, -0.2) is 9.78 Å². The van der Waals surface area contributed by atoms with E-state index in [9.17, 15) is 15.0 Å². The molecule has 5 N–H and O–H groups in total. The fourth-order valence-electron chi connectivity index (χ4n) is 1.91. The molecular weight excluding hydrogens is 244 g/mol. The molecule has 1 aromatic rings. The lowest BCUT2D eigenvalue weighted by atomic mass is 9.97. The minimum absolute atomic E-state index is 0.201. The van der Waals surface area contributed by atoms with E-state index in [1.54, 1.807) is 0 Å². The van der Waals surface area contributed by atoms with E-state index in [0.29, 0.717) is 0 Å². The summed E-state index contributed by atoms with van der Waals surface area (Å²) < 4.78 is 6.15. The summed E-state index contributed by atoms with van der Waals surface area (Å²) in [4.78, 5) is 18.6. The number of aliphatic hydroxyl groups excluding tert-OH is 2. The topological polar surface area (TPSA) is 144 Å². The predicted octanol–water partition coefficient (Wildman–Crippen LogP) is -2.78. The van der Waals surface area contributed by atoms with Gasteiger partial charge < -0.3 is 25.8 Å². The number of rotatable bonds is 2. The third kappa shape index (κ3) is 1.86. The van der Waals surface area contributed by atoms with Crippen molar-refractivity contribution >= 4 is 5.95 Å². The molecule has 0 saturated carbocycles. The van der Waals surface area contributed by atoms with E-state index >= 15 is 0 Å². The molecule has 4 atom stereocenters. The molecule has 9 nitrogen and oxygen atoms in total. The fraction of sp³-hybridized carbons (Fsp3) is 0.667. The van der Waals surface area contributed by atoms with Gasteiger partial charge in [-0.2, -0.15) is 4.98 Å². The zero-order valence-electron chi connectivity index (χ0n) is 9.59. The summed E-state index contributed by atoms with van der Waals surface area (Å²) >= 11 is 0. The van der Waals surface area contributed by atoms with Gasteiger partial charge in [0, 0.05) is 0 Å². The lowest BCUT2D eigenvalue weighted by Crippen LogP contribution is -2.46. The Hall–Kier alpha value is -1.55. The molecule has 100 valence electrons. The van der Waals surface area contributed by atoms with E-state index in [2.05, 4.69) is 9.97 Å². The molecule has 1 aromatic heterocycles. The maximum Gasteiger partial charge on any atom is 0.354 e. The maximum atomic E-state index is 11.6. The van der Waals surface area contributed by atoms with Crippen molar-refractivity contribution in [3.63, 3.8) is 0 Å². The Morgan fingerprint density at radius 3 is 2.83 bits per heavy atom. The first kappa shape index (κ1) is 12.9. The third-order valence-electron chi connectivity index (χ3n) is 2.93. The van der Waals surface area contributed by atoms with Crippen LogP contribution in [0.3, 0.4) is 0 Å². The Kier molecular flexibility index (Phi) is 3.07. The van der Waals surface area contributed by atoms with Crippen LogP contribution in [0.4, 0.5) is 5.95 Å². The molecule has 0 aromatic carbocycles. The quantitative estimate of drug-likeness (QED) is 0.446. The Balaban J connectivity index is 2.42. The van der Waals surface area contributed by atoms with Gasteiger partial charge in [-0.1, -0.05) is 0 Å². The van der Waals surface area contributed by atoms with E-state index < -0.39 is 36.3 Å². The standard InChI is InChI=1S/C9H14N4O5/c1-9(17)5(15)4(2-14)18-6(9)13-3-11-7(10)12-8(13)16/h3-6,14-15,17H,2H2,1H3,(H2,10,12,16)/t4-,5?,6-,9-/m1/s1. The van der Waals surface area contributed by atoms with Crippen molar-refractivity contribution in [2.75, 3.05) is 12.3 Å². The molecule has 1 unspecified atom stereocenters. The molecule has 0 bridgehead atoms. The second-order valence-electron chi connectivity index (χ2n) is 4.28. The van der Waals surface area contributed by atoms with Gasteiger partial charge in [0.15, 0.2) is 6.23 Å². The van der Waals surface area contributed by atoms with Crippen molar-refractivity contribution in [3.8, 4) is 0 Å². The molecule has 1 fully saturated rings. The molecule has 0 radical (unpaired) electrons. The first-order valence-electron chi connectivity index (χ1n) is 5.25. The Morgan fingerprint density at radius 2 is 2.33 bits per heavy atom. The minimum Gasteiger partial charge on any atom is -0.394 e. The average Bonchev–Trinajstić information content (AvgIpc) is 2.52. The van der Waals surface area contributed by atoms with E-state index in [1.807, 2.05) is 0 Å². The summed E-state index contributed by atoms with van der Waals surface area (Å²) in [5, 5.41) is 28.9. The van der Waals surface area contributed by atoms with Gasteiger partial charge in [-0.15, -0.1) is 0 Å². The van der Waals surface area contributed by atoms with Crippen LogP contribution in [0.25, 0.3) is 0 Å². The zero-order chi connectivity index (χ0) is 13.5. The molecule has 1 aliphatic rings. The first-order chi connectivity index (χ1) is 8.37. The van der Waals surface area contributed by atoms with Gasteiger partial charge >= 0.3 is 5.69 Å². The molecule has 1 aliphatic heterocycles. The first-order valence-corrected chi connectivity index (χ1v) is 5.25. The normalized spacial score (nSPS) is 35.9. The van der Waals surface area contributed by atoms with Crippen molar-refractivity contribution in [3.05, 3.63) is 16.8 Å². The van der Waals surface area contributed by atoms with E-state index in [1.165, 1.54) is 6.92 Å². The fourth-order valence-corrected chi connectivity index (χ4v) is 1.91. The van der Waals surface area contributed by atoms with Crippen molar-refractivity contribution in [2.24, 2.45) is 0 Å². The Bertz CT molecular complexity index is 502. The van der Waals surface area contributed by atoms with Crippen LogP contribution in [0.15, 0.2) is 11.1 Å². The number of nitrogens with two attached hydrogens (primary N) is 1. The van der Waals surface area contributed by atoms with E-state index in [-0.39, 0.29) is 5.95 Å². The number of nitrogens with zero attached hydrogens (tertiary/aromatic N) is 3. The van der Waals surface area contributed by atoms with Crippen LogP contribution >= 0.6 is 0 Å². The van der Waals surface area contributed by atoms with E-state index in [4.69, 9.17) is 15.6 Å². The Labute approximate surface area is 101 Å². The molecule has 0 spiro atoms. The summed E-state index contributed by atoms with van der Waals surface area (Å²) in [7, 11) is 0. The number of anilines is 1. The number of aliphatic hydroxyl groups is 3. The van der Waals surface area contributed by atoms with Gasteiger partial charge in [-0.3, -0.25) is 4.57 Å². The summed E-state index contributed by atoms with van der Waals surface area (Å²) in [6, 6.07) is 0. The van der Waals surface area contributed by atoms with Crippen LogP contribution in [-0.4, -0.2) is 54.3 Å². The van der Waals surface area contributed by atoms with Crippen LogP contribution in [0.2, 0.25) is 0 Å². The van der Waals surface area contributed by atoms with Crippen molar-refractivity contribution in [1.29, 1.82) is 0 Å². The highest BCUT2D eigenvalue weighted by Gasteiger charge is 2.53. The summed E-state index contributed by atoms with van der Waals surface area (Å²) in [5.41, 5.74) is 2.73. The van der Waals surface area contributed by atoms with Gasteiger partial charge in [-0.05, 0) is 6.92 Å². The van der Waals surface area contributed by atoms with Crippen molar-refractivity contribution in [2.45, 2.75) is 31.0 Å². The van der Waals surface area contributed by atoms with Crippen LogP contribution < -0.4 is 11.4 Å². The Morgan fingerprint density at radius 1 is 1.67 bits per heavy atom. The molecule has 1 saturated heterocycles. The molecule has 9 heteroatoms. The number of aromatic nitrogens is 3. The number of hydrogen-bond acceptors (Lipinski definition) is 8. The van der Waals surface area contributed by atoms with Crippen molar-refractivity contribution < 1.29 is 20.1 Å². The molecule has 2 rings (SSSR count). The molecule has 0 aliphatic carbocycles. The number of hydrogen-bond donors (Lipinski definition) is 4. The number of ether oxygens (including phenoxy) is 1. The third-order valence-corrected chi connectivity index (χ3v) is 2.93. The molecule has 0 amide bonds. The van der Waals surface area contributed by atoms with Gasteiger partial charge in [0.25, 0.3) is 0 Å². The van der Waals surface area contributed by atoms with Crippen molar-refractivity contribution in [1.82, 2.24) is 14.5 Å².